The first-order valence-electron chi connectivity index (χ1n) is 9.38. The summed E-state index contributed by atoms with van der Waals surface area (Å²) in [6.45, 7) is 2.29. The standard InChI is InChI=1S/C19H21FN6O3S/c1-10-12(15(26-25-10)19(28-2)7-3-4-9-29-19)23-17(27)14-16(21)30-18(24-14)13-11(20)6-5-8-22-13/h5-6,8H,3-4,7,9,21H2,1-2H3,(H,23,27)(H,25,26). The molecular weight excluding hydrogens is 411 g/mol. The minimum Gasteiger partial charge on any atom is -0.389 e. The van der Waals surface area contributed by atoms with E-state index in [9.17, 15) is 9.18 Å². The van der Waals surface area contributed by atoms with E-state index in [4.69, 9.17) is 15.2 Å². The number of aromatic amines is 1. The molecule has 0 spiro atoms. The van der Waals surface area contributed by atoms with Gasteiger partial charge in [-0.25, -0.2) is 9.37 Å². The van der Waals surface area contributed by atoms with E-state index in [1.165, 1.54) is 18.3 Å². The fourth-order valence-corrected chi connectivity index (χ4v) is 4.23. The maximum Gasteiger partial charge on any atom is 0.277 e. The highest BCUT2D eigenvalue weighted by molar-refractivity contribution is 7.19. The number of ether oxygens (including phenoxy) is 2. The zero-order chi connectivity index (χ0) is 21.3. The summed E-state index contributed by atoms with van der Waals surface area (Å²) in [5, 5.41) is 10.3. The molecule has 0 aliphatic carbocycles. The number of anilines is 2. The van der Waals surface area contributed by atoms with Crippen molar-refractivity contribution in [1.29, 1.82) is 0 Å². The van der Waals surface area contributed by atoms with Gasteiger partial charge in [-0.3, -0.25) is 14.9 Å². The topological polar surface area (TPSA) is 128 Å². The molecule has 1 fully saturated rings. The van der Waals surface area contributed by atoms with Gasteiger partial charge in [0, 0.05) is 19.7 Å². The summed E-state index contributed by atoms with van der Waals surface area (Å²) in [7, 11) is 1.55. The van der Waals surface area contributed by atoms with Crippen LogP contribution in [0.5, 0.6) is 0 Å². The Hall–Kier alpha value is -2.89. The van der Waals surface area contributed by atoms with Crippen LogP contribution in [0.15, 0.2) is 18.3 Å². The molecule has 4 rings (SSSR count). The Balaban J connectivity index is 1.64. The Bertz CT molecular complexity index is 1080. The van der Waals surface area contributed by atoms with Crippen LogP contribution < -0.4 is 11.1 Å². The lowest BCUT2D eigenvalue weighted by Crippen LogP contribution is -2.37. The summed E-state index contributed by atoms with van der Waals surface area (Å²) in [5.74, 6) is -2.10. The maximum atomic E-state index is 14.0. The molecule has 0 saturated carbocycles. The van der Waals surface area contributed by atoms with Crippen LogP contribution >= 0.6 is 11.3 Å². The van der Waals surface area contributed by atoms with Crippen molar-refractivity contribution >= 4 is 27.9 Å². The third kappa shape index (κ3) is 3.55. The predicted molar refractivity (Wildman–Crippen MR) is 109 cm³/mol. The van der Waals surface area contributed by atoms with Gasteiger partial charge < -0.3 is 20.5 Å². The van der Waals surface area contributed by atoms with Gasteiger partial charge in [0.2, 0.25) is 5.79 Å². The predicted octanol–water partition coefficient (Wildman–Crippen LogP) is 3.21. The average Bonchev–Trinajstić information content (AvgIpc) is 3.32. The molecule has 158 valence electrons. The zero-order valence-corrected chi connectivity index (χ0v) is 17.3. The molecule has 0 radical (unpaired) electrons. The monoisotopic (exact) mass is 432 g/mol. The van der Waals surface area contributed by atoms with Crippen LogP contribution in [-0.4, -0.2) is 39.8 Å². The average molecular weight is 432 g/mol. The molecule has 1 aliphatic rings. The lowest BCUT2D eigenvalue weighted by Gasteiger charge is -2.35. The number of amides is 1. The SMILES string of the molecule is COC1(c2[nH]nc(C)c2NC(=O)c2nc(-c3ncccc3F)sc2N)CCCCO1. The number of aryl methyl sites for hydroxylation is 1. The summed E-state index contributed by atoms with van der Waals surface area (Å²) in [6.07, 6.45) is 3.92. The van der Waals surface area contributed by atoms with Gasteiger partial charge in [0.15, 0.2) is 11.5 Å². The number of carbonyl (C=O) groups excluding carboxylic acids is 1. The van der Waals surface area contributed by atoms with E-state index in [-0.39, 0.29) is 21.4 Å². The summed E-state index contributed by atoms with van der Waals surface area (Å²) < 4.78 is 25.6. The molecule has 11 heteroatoms. The lowest BCUT2D eigenvalue weighted by atomic mass is 10.0. The number of thiazole rings is 1. The number of hydrogen-bond donors (Lipinski definition) is 3. The van der Waals surface area contributed by atoms with Crippen molar-refractivity contribution in [2.45, 2.75) is 32.0 Å². The normalized spacial score (nSPS) is 19.0. The second kappa shape index (κ2) is 8.09. The molecular formula is C19H21FN6O3S. The van der Waals surface area contributed by atoms with Gasteiger partial charge in [-0.1, -0.05) is 11.3 Å². The number of nitrogens with zero attached hydrogens (tertiary/aromatic N) is 3. The Morgan fingerprint density at radius 1 is 1.47 bits per heavy atom. The number of hydrogen-bond acceptors (Lipinski definition) is 8. The first-order valence-corrected chi connectivity index (χ1v) is 10.2. The van der Waals surface area contributed by atoms with Crippen LogP contribution in [0, 0.1) is 12.7 Å². The second-order valence-electron chi connectivity index (χ2n) is 6.84. The third-order valence-corrected chi connectivity index (χ3v) is 5.85. The largest absolute Gasteiger partial charge is 0.389 e. The molecule has 4 N–H and O–H groups in total. The molecule has 4 heterocycles. The van der Waals surface area contributed by atoms with Crippen molar-refractivity contribution in [3.8, 4) is 10.7 Å². The van der Waals surface area contributed by atoms with Crippen LogP contribution in [0.2, 0.25) is 0 Å². The lowest BCUT2D eigenvalue weighted by molar-refractivity contribution is -0.253. The Morgan fingerprint density at radius 3 is 3.00 bits per heavy atom. The van der Waals surface area contributed by atoms with Crippen LogP contribution in [0.4, 0.5) is 15.1 Å². The highest BCUT2D eigenvalue weighted by atomic mass is 32.1. The zero-order valence-electron chi connectivity index (χ0n) is 16.5. The number of carbonyl (C=O) groups is 1. The van der Waals surface area contributed by atoms with E-state index in [2.05, 4.69) is 25.5 Å². The van der Waals surface area contributed by atoms with E-state index >= 15 is 0 Å². The molecule has 3 aromatic rings. The molecule has 3 aromatic heterocycles. The van der Waals surface area contributed by atoms with Gasteiger partial charge in [0.05, 0.1) is 18.0 Å². The number of nitrogens with one attached hydrogen (secondary N) is 2. The van der Waals surface area contributed by atoms with Gasteiger partial charge in [0.1, 0.15) is 21.4 Å². The number of nitrogens with two attached hydrogens (primary N) is 1. The Labute approximate surface area is 175 Å². The number of H-pyrrole nitrogens is 1. The van der Waals surface area contributed by atoms with E-state index in [1.807, 2.05) is 0 Å². The van der Waals surface area contributed by atoms with Crippen LogP contribution in [0.1, 0.15) is 41.1 Å². The number of pyridine rings is 1. The first-order chi connectivity index (χ1) is 14.4. The summed E-state index contributed by atoms with van der Waals surface area (Å²) in [5.41, 5.74) is 7.57. The molecule has 1 atom stereocenters. The minimum absolute atomic E-state index is 0.0115. The number of nitrogen functional groups attached to an aromatic ring is 1. The van der Waals surface area contributed by atoms with Crippen LogP contribution in [0.3, 0.4) is 0 Å². The molecule has 0 aromatic carbocycles. The second-order valence-corrected chi connectivity index (χ2v) is 7.87. The number of aromatic nitrogens is 4. The van der Waals surface area contributed by atoms with Crippen molar-refractivity contribution < 1.29 is 18.7 Å². The quantitative estimate of drug-likeness (QED) is 0.565. The minimum atomic E-state index is -1.02. The summed E-state index contributed by atoms with van der Waals surface area (Å²) >= 11 is 0.993. The van der Waals surface area contributed by atoms with Crippen molar-refractivity contribution in [3.05, 3.63) is 41.2 Å². The fraction of sp³-hybridized carbons (Fsp3) is 0.368. The van der Waals surface area contributed by atoms with Gasteiger partial charge in [-0.05, 0) is 31.9 Å². The fourth-order valence-electron chi connectivity index (χ4n) is 3.40. The van der Waals surface area contributed by atoms with Gasteiger partial charge in [-0.15, -0.1) is 0 Å². The van der Waals surface area contributed by atoms with E-state index in [1.54, 1.807) is 14.0 Å². The van der Waals surface area contributed by atoms with E-state index in [0.29, 0.717) is 30.1 Å². The number of halogens is 1. The van der Waals surface area contributed by atoms with Crippen molar-refractivity contribution in [1.82, 2.24) is 20.2 Å². The molecule has 0 bridgehead atoms. The molecule has 1 amide bonds. The maximum absolute atomic E-state index is 14.0. The van der Waals surface area contributed by atoms with Crippen molar-refractivity contribution in [2.24, 2.45) is 0 Å². The van der Waals surface area contributed by atoms with Gasteiger partial charge in [0.25, 0.3) is 5.91 Å². The highest BCUT2D eigenvalue weighted by Gasteiger charge is 2.40. The highest BCUT2D eigenvalue weighted by Crippen LogP contribution is 2.40. The Kier molecular flexibility index (Phi) is 5.50. The van der Waals surface area contributed by atoms with Crippen molar-refractivity contribution in [2.75, 3.05) is 24.8 Å². The van der Waals surface area contributed by atoms with Crippen LogP contribution in [-0.2, 0) is 15.3 Å². The smallest absolute Gasteiger partial charge is 0.277 e. The number of rotatable bonds is 5. The van der Waals surface area contributed by atoms with E-state index < -0.39 is 17.5 Å². The molecule has 9 nitrogen and oxygen atoms in total. The molecule has 1 aliphatic heterocycles. The Morgan fingerprint density at radius 2 is 2.30 bits per heavy atom. The van der Waals surface area contributed by atoms with Crippen molar-refractivity contribution in [3.63, 3.8) is 0 Å². The van der Waals surface area contributed by atoms with Crippen LogP contribution in [0.25, 0.3) is 10.7 Å². The summed E-state index contributed by atoms with van der Waals surface area (Å²) in [4.78, 5) is 21.2. The molecule has 1 saturated heterocycles. The third-order valence-electron chi connectivity index (χ3n) is 4.96. The van der Waals surface area contributed by atoms with Gasteiger partial charge in [-0.2, -0.15) is 5.10 Å². The van der Waals surface area contributed by atoms with E-state index in [0.717, 1.165) is 24.2 Å². The molecule has 1 unspecified atom stereocenters. The first kappa shape index (κ1) is 20.4. The molecule has 30 heavy (non-hydrogen) atoms. The number of methoxy groups -OCH3 is 1. The van der Waals surface area contributed by atoms with Gasteiger partial charge >= 0.3 is 0 Å². The summed E-state index contributed by atoms with van der Waals surface area (Å²) in [6, 6.07) is 2.75.